The molecular formula is C17H14ClN3OS. The van der Waals surface area contributed by atoms with Crippen LogP contribution in [0.5, 0.6) is 5.88 Å². The van der Waals surface area contributed by atoms with E-state index in [1.165, 1.54) is 11.8 Å². The number of nitrogens with zero attached hydrogens (tertiary/aromatic N) is 2. The lowest BCUT2D eigenvalue weighted by Crippen LogP contribution is -2.02. The molecule has 0 atom stereocenters. The molecule has 0 spiro atoms. The number of benzene rings is 2. The maximum atomic E-state index is 5.97. The van der Waals surface area contributed by atoms with Crippen molar-refractivity contribution >= 4 is 29.3 Å². The average molecular weight is 344 g/mol. The van der Waals surface area contributed by atoms with Crippen LogP contribution in [0.4, 0.5) is 5.95 Å². The van der Waals surface area contributed by atoms with Gasteiger partial charge in [-0.3, -0.25) is 0 Å². The molecule has 0 amide bonds. The molecule has 1 heterocycles. The van der Waals surface area contributed by atoms with Gasteiger partial charge in [0.2, 0.25) is 11.8 Å². The van der Waals surface area contributed by atoms with E-state index >= 15 is 0 Å². The summed E-state index contributed by atoms with van der Waals surface area (Å²) in [6.07, 6.45) is 0. The number of rotatable bonds is 4. The van der Waals surface area contributed by atoms with E-state index in [-0.39, 0.29) is 5.95 Å². The van der Waals surface area contributed by atoms with Gasteiger partial charge in [0.15, 0.2) is 0 Å². The molecule has 0 fully saturated rings. The molecule has 2 aromatic carbocycles. The fraction of sp³-hybridized carbons (Fsp3) is 0.0588. The summed E-state index contributed by atoms with van der Waals surface area (Å²) in [5.74, 6) is 0.625. The normalized spacial score (nSPS) is 10.5. The van der Waals surface area contributed by atoms with Crippen LogP contribution >= 0.6 is 23.4 Å². The first-order valence-electron chi connectivity index (χ1n) is 6.87. The van der Waals surface area contributed by atoms with Crippen LogP contribution in [0.3, 0.4) is 0 Å². The van der Waals surface area contributed by atoms with E-state index in [0.717, 1.165) is 21.0 Å². The second-order valence-electron chi connectivity index (χ2n) is 4.69. The van der Waals surface area contributed by atoms with Crippen LogP contribution in [0.1, 0.15) is 0 Å². The van der Waals surface area contributed by atoms with Gasteiger partial charge in [-0.2, -0.15) is 4.98 Å². The van der Waals surface area contributed by atoms with Gasteiger partial charge in [0.25, 0.3) is 0 Å². The van der Waals surface area contributed by atoms with E-state index in [4.69, 9.17) is 22.1 Å². The molecule has 116 valence electrons. The molecule has 2 N–H and O–H groups in total. The summed E-state index contributed by atoms with van der Waals surface area (Å²) in [4.78, 5) is 10.5. The first-order valence-corrected chi connectivity index (χ1v) is 8.07. The highest BCUT2D eigenvalue weighted by Crippen LogP contribution is 2.40. The number of nitrogen functional groups attached to an aromatic ring is 1. The summed E-state index contributed by atoms with van der Waals surface area (Å²) in [6.45, 7) is 0. The van der Waals surface area contributed by atoms with E-state index < -0.39 is 0 Å². The van der Waals surface area contributed by atoms with Crippen molar-refractivity contribution in [1.29, 1.82) is 0 Å². The maximum absolute atomic E-state index is 5.97. The highest BCUT2D eigenvalue weighted by atomic mass is 35.5. The molecule has 3 rings (SSSR count). The smallest absolute Gasteiger partial charge is 0.233 e. The summed E-state index contributed by atoms with van der Waals surface area (Å²) < 4.78 is 5.41. The third-order valence-corrected chi connectivity index (χ3v) is 4.46. The molecule has 0 saturated carbocycles. The Kier molecular flexibility index (Phi) is 4.69. The molecule has 0 unspecified atom stereocenters. The quantitative estimate of drug-likeness (QED) is 0.753. The van der Waals surface area contributed by atoms with Gasteiger partial charge in [-0.1, -0.05) is 53.7 Å². The highest BCUT2D eigenvalue weighted by molar-refractivity contribution is 7.99. The zero-order valence-electron chi connectivity index (χ0n) is 12.4. The third-order valence-electron chi connectivity index (χ3n) is 3.13. The molecule has 1 aromatic heterocycles. The fourth-order valence-corrected chi connectivity index (χ4v) is 3.22. The first kappa shape index (κ1) is 15.6. The summed E-state index contributed by atoms with van der Waals surface area (Å²) >= 11 is 7.51. The van der Waals surface area contributed by atoms with Gasteiger partial charge in [0, 0.05) is 15.5 Å². The number of hydrogen-bond acceptors (Lipinski definition) is 5. The lowest BCUT2D eigenvalue weighted by Gasteiger charge is -2.13. The zero-order valence-corrected chi connectivity index (χ0v) is 13.9. The Labute approximate surface area is 143 Å². The van der Waals surface area contributed by atoms with Gasteiger partial charge in [-0.15, -0.1) is 0 Å². The Morgan fingerprint density at radius 2 is 1.70 bits per heavy atom. The van der Waals surface area contributed by atoms with Gasteiger partial charge >= 0.3 is 0 Å². The first-order chi connectivity index (χ1) is 11.2. The predicted molar refractivity (Wildman–Crippen MR) is 94.0 cm³/mol. The van der Waals surface area contributed by atoms with Crippen LogP contribution in [-0.4, -0.2) is 17.1 Å². The SMILES string of the molecule is COc1nc(N)nc(-c2ccc(Cl)cc2)c1Sc1ccccc1. The van der Waals surface area contributed by atoms with Crippen molar-refractivity contribution in [2.45, 2.75) is 9.79 Å². The summed E-state index contributed by atoms with van der Waals surface area (Å²) in [7, 11) is 1.57. The van der Waals surface area contributed by atoms with Crippen LogP contribution in [-0.2, 0) is 0 Å². The molecule has 23 heavy (non-hydrogen) atoms. The van der Waals surface area contributed by atoms with Crippen molar-refractivity contribution in [1.82, 2.24) is 9.97 Å². The minimum atomic E-state index is 0.171. The van der Waals surface area contributed by atoms with Crippen molar-refractivity contribution in [2.24, 2.45) is 0 Å². The molecule has 0 aliphatic carbocycles. The Bertz CT molecular complexity index is 810. The number of hydrogen-bond donors (Lipinski definition) is 1. The minimum absolute atomic E-state index is 0.171. The van der Waals surface area contributed by atoms with Crippen LogP contribution < -0.4 is 10.5 Å². The van der Waals surface area contributed by atoms with Gasteiger partial charge in [0.1, 0.15) is 4.90 Å². The molecular weight excluding hydrogens is 330 g/mol. The van der Waals surface area contributed by atoms with Crippen LogP contribution in [0.2, 0.25) is 5.02 Å². The molecule has 0 radical (unpaired) electrons. The maximum Gasteiger partial charge on any atom is 0.233 e. The monoisotopic (exact) mass is 343 g/mol. The Morgan fingerprint density at radius 3 is 2.35 bits per heavy atom. The van der Waals surface area contributed by atoms with E-state index in [1.54, 1.807) is 7.11 Å². The van der Waals surface area contributed by atoms with E-state index in [0.29, 0.717) is 10.9 Å². The number of methoxy groups -OCH3 is 1. The highest BCUT2D eigenvalue weighted by Gasteiger charge is 2.17. The van der Waals surface area contributed by atoms with Crippen LogP contribution in [0.15, 0.2) is 64.4 Å². The predicted octanol–water partition coefficient (Wildman–Crippen LogP) is 4.54. The largest absolute Gasteiger partial charge is 0.480 e. The van der Waals surface area contributed by atoms with E-state index in [1.807, 2.05) is 54.6 Å². The average Bonchev–Trinajstić information content (AvgIpc) is 2.58. The fourth-order valence-electron chi connectivity index (χ4n) is 2.09. The number of aromatic nitrogens is 2. The molecule has 0 bridgehead atoms. The topological polar surface area (TPSA) is 61.0 Å². The summed E-state index contributed by atoms with van der Waals surface area (Å²) in [5.41, 5.74) is 7.45. The van der Waals surface area contributed by atoms with Crippen molar-refractivity contribution < 1.29 is 4.74 Å². The second-order valence-corrected chi connectivity index (χ2v) is 6.21. The van der Waals surface area contributed by atoms with Crippen molar-refractivity contribution in [3.05, 3.63) is 59.6 Å². The molecule has 0 aliphatic heterocycles. The van der Waals surface area contributed by atoms with Crippen molar-refractivity contribution in [3.8, 4) is 17.1 Å². The number of ether oxygens (including phenoxy) is 1. The van der Waals surface area contributed by atoms with E-state index in [9.17, 15) is 0 Å². The summed E-state index contributed by atoms with van der Waals surface area (Å²) in [5, 5.41) is 0.667. The lowest BCUT2D eigenvalue weighted by atomic mass is 10.1. The molecule has 3 aromatic rings. The lowest BCUT2D eigenvalue weighted by molar-refractivity contribution is 0.387. The van der Waals surface area contributed by atoms with E-state index in [2.05, 4.69) is 9.97 Å². The molecule has 0 saturated heterocycles. The molecule has 0 aliphatic rings. The Balaban J connectivity index is 2.13. The summed E-state index contributed by atoms with van der Waals surface area (Å²) in [6, 6.07) is 17.4. The minimum Gasteiger partial charge on any atom is -0.480 e. The Hall–Kier alpha value is -2.24. The van der Waals surface area contributed by atoms with Gasteiger partial charge in [-0.05, 0) is 24.3 Å². The molecule has 6 heteroatoms. The van der Waals surface area contributed by atoms with Crippen molar-refractivity contribution in [2.75, 3.05) is 12.8 Å². The third kappa shape index (κ3) is 3.57. The number of halogens is 1. The van der Waals surface area contributed by atoms with Gasteiger partial charge in [-0.25, -0.2) is 4.98 Å². The van der Waals surface area contributed by atoms with Crippen LogP contribution in [0.25, 0.3) is 11.3 Å². The van der Waals surface area contributed by atoms with Gasteiger partial charge in [0.05, 0.1) is 12.8 Å². The van der Waals surface area contributed by atoms with Gasteiger partial charge < -0.3 is 10.5 Å². The standard InChI is InChI=1S/C17H14ClN3OS/c1-22-16-15(23-13-5-3-2-4-6-13)14(20-17(19)21-16)11-7-9-12(18)10-8-11/h2-10H,1H3,(H2,19,20,21). The zero-order chi connectivity index (χ0) is 16.2. The second kappa shape index (κ2) is 6.89. The number of nitrogens with two attached hydrogens (primary N) is 1. The van der Waals surface area contributed by atoms with Crippen molar-refractivity contribution in [3.63, 3.8) is 0 Å². The van der Waals surface area contributed by atoms with Crippen LogP contribution in [0, 0.1) is 0 Å². The number of anilines is 1. The Morgan fingerprint density at radius 1 is 1.00 bits per heavy atom. The molecule has 4 nitrogen and oxygen atoms in total.